The van der Waals surface area contributed by atoms with Crippen molar-refractivity contribution in [1.82, 2.24) is 10.6 Å². The summed E-state index contributed by atoms with van der Waals surface area (Å²) in [4.78, 5) is 11.0. The predicted octanol–water partition coefficient (Wildman–Crippen LogP) is 0.483. The molecule has 1 fully saturated rings. The summed E-state index contributed by atoms with van der Waals surface area (Å²) in [6.45, 7) is 7.20. The molecule has 1 amide bonds. The van der Waals surface area contributed by atoms with E-state index in [1.165, 1.54) is 0 Å². The van der Waals surface area contributed by atoms with Crippen molar-refractivity contribution in [2.24, 2.45) is 0 Å². The van der Waals surface area contributed by atoms with Gasteiger partial charge in [-0.2, -0.15) is 0 Å². The lowest BCUT2D eigenvalue weighted by Gasteiger charge is -2.19. The molecule has 1 atom stereocenters. The van der Waals surface area contributed by atoms with Gasteiger partial charge in [0.15, 0.2) is 0 Å². The van der Waals surface area contributed by atoms with Gasteiger partial charge < -0.3 is 15.4 Å². The molecule has 4 nitrogen and oxygen atoms in total. The molecule has 1 unspecified atom stereocenters. The van der Waals surface area contributed by atoms with E-state index in [2.05, 4.69) is 10.6 Å². The molecule has 1 heterocycles. The molecule has 0 saturated carbocycles. The average Bonchev–Trinajstić information content (AvgIpc) is 2.61. The largest absolute Gasteiger partial charge is 0.444 e. The van der Waals surface area contributed by atoms with Crippen molar-refractivity contribution < 1.29 is 9.53 Å². The van der Waals surface area contributed by atoms with Crippen LogP contribution in [-0.2, 0) is 4.74 Å². The van der Waals surface area contributed by atoms with E-state index < -0.39 is 5.60 Å². The smallest absolute Gasteiger partial charge is 0.407 e. The SMILES string of the molecule is CC(C)(C)OC(=O)NCC1CN1. The van der Waals surface area contributed by atoms with E-state index in [1.807, 2.05) is 20.8 Å². The maximum atomic E-state index is 11.0. The van der Waals surface area contributed by atoms with Crippen molar-refractivity contribution in [3.05, 3.63) is 0 Å². The minimum atomic E-state index is -0.402. The molecule has 0 aromatic rings. The average molecular weight is 172 g/mol. The van der Waals surface area contributed by atoms with Crippen LogP contribution >= 0.6 is 0 Å². The van der Waals surface area contributed by atoms with E-state index in [4.69, 9.17) is 4.74 Å². The summed E-state index contributed by atoms with van der Waals surface area (Å²) in [5, 5.41) is 5.76. The van der Waals surface area contributed by atoms with Gasteiger partial charge in [0, 0.05) is 19.1 Å². The fraction of sp³-hybridized carbons (Fsp3) is 0.875. The maximum absolute atomic E-state index is 11.0. The van der Waals surface area contributed by atoms with Crippen LogP contribution in [0.1, 0.15) is 20.8 Å². The second-order valence-corrected chi connectivity index (χ2v) is 3.99. The molecule has 0 aromatic carbocycles. The van der Waals surface area contributed by atoms with Crippen LogP contribution in [0.5, 0.6) is 0 Å². The molecular weight excluding hydrogens is 156 g/mol. The Kier molecular flexibility index (Phi) is 2.57. The van der Waals surface area contributed by atoms with Crippen molar-refractivity contribution in [2.45, 2.75) is 32.4 Å². The van der Waals surface area contributed by atoms with E-state index in [1.54, 1.807) is 0 Å². The zero-order valence-corrected chi connectivity index (χ0v) is 7.81. The summed E-state index contributed by atoms with van der Waals surface area (Å²) >= 11 is 0. The van der Waals surface area contributed by atoms with Crippen molar-refractivity contribution in [1.29, 1.82) is 0 Å². The Morgan fingerprint density at radius 2 is 2.25 bits per heavy atom. The number of alkyl carbamates (subject to hydrolysis) is 1. The molecule has 2 N–H and O–H groups in total. The molecule has 70 valence electrons. The number of hydrogen-bond acceptors (Lipinski definition) is 3. The summed E-state index contributed by atoms with van der Waals surface area (Å²) in [6, 6.07) is 0.456. The highest BCUT2D eigenvalue weighted by atomic mass is 16.6. The Labute approximate surface area is 72.7 Å². The van der Waals surface area contributed by atoms with Gasteiger partial charge >= 0.3 is 6.09 Å². The van der Waals surface area contributed by atoms with Gasteiger partial charge in [0.1, 0.15) is 5.60 Å². The first kappa shape index (κ1) is 9.32. The Morgan fingerprint density at radius 1 is 1.67 bits per heavy atom. The fourth-order valence-electron chi connectivity index (χ4n) is 0.748. The van der Waals surface area contributed by atoms with E-state index in [-0.39, 0.29) is 6.09 Å². The molecule has 0 aromatic heterocycles. The van der Waals surface area contributed by atoms with E-state index in [9.17, 15) is 4.79 Å². The predicted molar refractivity (Wildman–Crippen MR) is 46.0 cm³/mol. The van der Waals surface area contributed by atoms with Gasteiger partial charge in [-0.25, -0.2) is 4.79 Å². The van der Waals surface area contributed by atoms with Crippen molar-refractivity contribution in [2.75, 3.05) is 13.1 Å². The number of ether oxygens (including phenoxy) is 1. The number of amides is 1. The number of nitrogens with one attached hydrogen (secondary N) is 2. The molecule has 1 aliphatic rings. The van der Waals surface area contributed by atoms with Crippen LogP contribution in [-0.4, -0.2) is 30.8 Å². The van der Waals surface area contributed by atoms with Gasteiger partial charge in [0.25, 0.3) is 0 Å². The highest BCUT2D eigenvalue weighted by Gasteiger charge is 2.22. The molecule has 1 rings (SSSR count). The van der Waals surface area contributed by atoms with E-state index >= 15 is 0 Å². The van der Waals surface area contributed by atoms with Crippen LogP contribution in [0.3, 0.4) is 0 Å². The van der Waals surface area contributed by atoms with Gasteiger partial charge in [-0.1, -0.05) is 0 Å². The summed E-state index contributed by atoms with van der Waals surface area (Å²) in [5.41, 5.74) is -0.402. The zero-order valence-electron chi connectivity index (χ0n) is 7.81. The maximum Gasteiger partial charge on any atom is 0.407 e. The van der Waals surface area contributed by atoms with Gasteiger partial charge in [-0.15, -0.1) is 0 Å². The van der Waals surface area contributed by atoms with E-state index in [0.717, 1.165) is 6.54 Å². The topological polar surface area (TPSA) is 60.3 Å². The first-order valence-corrected chi connectivity index (χ1v) is 4.17. The lowest BCUT2D eigenvalue weighted by atomic mass is 10.2. The summed E-state index contributed by atoms with van der Waals surface area (Å²) in [7, 11) is 0. The van der Waals surface area contributed by atoms with Crippen LogP contribution in [0.25, 0.3) is 0 Å². The van der Waals surface area contributed by atoms with Crippen molar-refractivity contribution >= 4 is 6.09 Å². The van der Waals surface area contributed by atoms with Gasteiger partial charge in [0.05, 0.1) is 0 Å². The molecular formula is C8H16N2O2. The third-order valence-corrected chi connectivity index (χ3v) is 1.38. The Morgan fingerprint density at radius 3 is 2.67 bits per heavy atom. The quantitative estimate of drug-likeness (QED) is 0.596. The van der Waals surface area contributed by atoms with Gasteiger partial charge in [0.2, 0.25) is 0 Å². The number of hydrogen-bond donors (Lipinski definition) is 2. The number of carbonyl (C=O) groups excluding carboxylic acids is 1. The molecule has 0 aliphatic carbocycles. The zero-order chi connectivity index (χ0) is 9.19. The Balaban J connectivity index is 2.10. The standard InChI is InChI=1S/C8H16N2O2/c1-8(2,3)12-7(11)10-5-6-4-9-6/h6,9H,4-5H2,1-3H3,(H,10,11). The summed E-state index contributed by atoms with van der Waals surface area (Å²) < 4.78 is 5.04. The second-order valence-electron chi connectivity index (χ2n) is 3.99. The first-order valence-electron chi connectivity index (χ1n) is 4.17. The molecule has 0 radical (unpaired) electrons. The minimum Gasteiger partial charge on any atom is -0.444 e. The highest BCUT2D eigenvalue weighted by Crippen LogP contribution is 2.06. The van der Waals surface area contributed by atoms with Crippen LogP contribution in [0, 0.1) is 0 Å². The van der Waals surface area contributed by atoms with E-state index in [0.29, 0.717) is 12.6 Å². The molecule has 0 bridgehead atoms. The second kappa shape index (κ2) is 3.31. The van der Waals surface area contributed by atoms with Gasteiger partial charge in [-0.3, -0.25) is 0 Å². The summed E-state index contributed by atoms with van der Waals surface area (Å²) in [6.07, 6.45) is -0.337. The summed E-state index contributed by atoms with van der Waals surface area (Å²) in [5.74, 6) is 0. The molecule has 4 heteroatoms. The normalized spacial score (nSPS) is 21.8. The third-order valence-electron chi connectivity index (χ3n) is 1.38. The monoisotopic (exact) mass is 172 g/mol. The first-order chi connectivity index (χ1) is 5.47. The Bertz CT molecular complexity index is 170. The lowest BCUT2D eigenvalue weighted by molar-refractivity contribution is 0.0528. The minimum absolute atomic E-state index is 0.337. The third kappa shape index (κ3) is 4.18. The fourth-order valence-corrected chi connectivity index (χ4v) is 0.748. The molecule has 1 aliphatic heterocycles. The van der Waals surface area contributed by atoms with Crippen molar-refractivity contribution in [3.63, 3.8) is 0 Å². The van der Waals surface area contributed by atoms with Crippen LogP contribution in [0.15, 0.2) is 0 Å². The highest BCUT2D eigenvalue weighted by molar-refractivity contribution is 5.67. The van der Waals surface area contributed by atoms with Crippen LogP contribution in [0.2, 0.25) is 0 Å². The number of carbonyl (C=O) groups is 1. The van der Waals surface area contributed by atoms with Crippen LogP contribution in [0.4, 0.5) is 4.79 Å². The lowest BCUT2D eigenvalue weighted by Crippen LogP contribution is -2.34. The molecule has 1 saturated heterocycles. The molecule has 12 heavy (non-hydrogen) atoms. The molecule has 0 spiro atoms. The number of rotatable bonds is 2. The Hall–Kier alpha value is -0.770. The van der Waals surface area contributed by atoms with Crippen LogP contribution < -0.4 is 10.6 Å². The van der Waals surface area contributed by atoms with Gasteiger partial charge in [-0.05, 0) is 20.8 Å². The van der Waals surface area contributed by atoms with Crippen molar-refractivity contribution in [3.8, 4) is 0 Å².